The van der Waals surface area contributed by atoms with E-state index in [1.54, 1.807) is 0 Å². The van der Waals surface area contributed by atoms with Crippen molar-refractivity contribution in [1.82, 2.24) is 0 Å². The first-order chi connectivity index (χ1) is 6.74. The highest BCUT2D eigenvalue weighted by molar-refractivity contribution is 5.87. The van der Waals surface area contributed by atoms with Crippen molar-refractivity contribution in [3.05, 3.63) is 0 Å². The van der Waals surface area contributed by atoms with Gasteiger partial charge in [-0.15, -0.1) is 0 Å². The molecule has 0 heterocycles. The highest BCUT2D eigenvalue weighted by Gasteiger charge is 2.43. The Hall–Kier alpha value is -0.840. The highest BCUT2D eigenvalue weighted by atomic mass is 16.1. The lowest BCUT2D eigenvalue weighted by Gasteiger charge is -2.34. The summed E-state index contributed by atoms with van der Waals surface area (Å²) >= 11 is 0. The van der Waals surface area contributed by atoms with Gasteiger partial charge in [-0.25, -0.2) is 0 Å². The fraction of sp³-hybridized carbons (Fsp3) is 0.833. The van der Waals surface area contributed by atoms with E-state index in [-0.39, 0.29) is 11.2 Å². The minimum Gasteiger partial charge on any atom is -0.300 e. The first-order valence-corrected chi connectivity index (χ1v) is 5.67. The van der Waals surface area contributed by atoms with E-state index >= 15 is 0 Å². The molecule has 0 atom stereocenters. The van der Waals surface area contributed by atoms with Crippen molar-refractivity contribution in [1.29, 1.82) is 5.26 Å². The van der Waals surface area contributed by atoms with Crippen LogP contribution in [0.4, 0.5) is 0 Å². The molecular formula is C12H17NO. The summed E-state index contributed by atoms with van der Waals surface area (Å²) in [5, 5.41) is 9.03. The number of carbonyl (C=O) groups excluding carboxylic acids is 1. The van der Waals surface area contributed by atoms with E-state index in [0.717, 1.165) is 12.3 Å². The standard InChI is InChI=1S/C12H17NO/c13-9-12(7-11(14)8-12)6-5-10-3-1-2-4-10/h10H,1-8H2. The van der Waals surface area contributed by atoms with Crippen molar-refractivity contribution in [3.63, 3.8) is 0 Å². The molecule has 2 fully saturated rings. The second kappa shape index (κ2) is 3.73. The number of nitrogens with zero attached hydrogens (tertiary/aromatic N) is 1. The number of Topliss-reactive ketones (excluding diaryl/α,β-unsaturated/α-hetero) is 1. The number of hydrogen-bond donors (Lipinski definition) is 0. The van der Waals surface area contributed by atoms with Gasteiger partial charge in [0.1, 0.15) is 5.78 Å². The topological polar surface area (TPSA) is 40.9 Å². The van der Waals surface area contributed by atoms with Crippen LogP contribution in [0.3, 0.4) is 0 Å². The summed E-state index contributed by atoms with van der Waals surface area (Å²) in [6.45, 7) is 0. The third kappa shape index (κ3) is 1.82. The summed E-state index contributed by atoms with van der Waals surface area (Å²) in [7, 11) is 0. The predicted molar refractivity (Wildman–Crippen MR) is 53.5 cm³/mol. The van der Waals surface area contributed by atoms with E-state index in [1.165, 1.54) is 32.1 Å². The molecule has 0 amide bonds. The number of ketones is 1. The fourth-order valence-electron chi connectivity index (χ4n) is 2.79. The third-order valence-corrected chi connectivity index (χ3v) is 3.81. The van der Waals surface area contributed by atoms with Crippen LogP contribution in [0.2, 0.25) is 0 Å². The van der Waals surface area contributed by atoms with Gasteiger partial charge in [0, 0.05) is 12.8 Å². The Bertz CT molecular complexity index is 263. The zero-order valence-corrected chi connectivity index (χ0v) is 8.59. The Morgan fingerprint density at radius 1 is 1.36 bits per heavy atom. The van der Waals surface area contributed by atoms with Crippen molar-refractivity contribution in [2.24, 2.45) is 11.3 Å². The van der Waals surface area contributed by atoms with Gasteiger partial charge in [0.15, 0.2) is 0 Å². The normalized spacial score (nSPS) is 25.8. The highest BCUT2D eigenvalue weighted by Crippen LogP contribution is 2.43. The van der Waals surface area contributed by atoms with Crippen molar-refractivity contribution in [3.8, 4) is 6.07 Å². The van der Waals surface area contributed by atoms with Gasteiger partial charge in [-0.2, -0.15) is 5.26 Å². The van der Waals surface area contributed by atoms with Gasteiger partial charge in [0.05, 0.1) is 11.5 Å². The summed E-state index contributed by atoms with van der Waals surface area (Å²) in [5.41, 5.74) is -0.250. The van der Waals surface area contributed by atoms with Crippen LogP contribution in [-0.4, -0.2) is 5.78 Å². The SMILES string of the molecule is N#CC1(CCC2CCCC2)CC(=O)C1. The van der Waals surface area contributed by atoms with Gasteiger partial charge in [-0.3, -0.25) is 4.79 Å². The molecule has 2 rings (SSSR count). The van der Waals surface area contributed by atoms with E-state index in [1.807, 2.05) is 0 Å². The predicted octanol–water partition coefficient (Wildman–Crippen LogP) is 2.83. The lowest BCUT2D eigenvalue weighted by Crippen LogP contribution is -2.36. The molecule has 0 spiro atoms. The lowest BCUT2D eigenvalue weighted by molar-refractivity contribution is -0.130. The summed E-state index contributed by atoms with van der Waals surface area (Å²) in [6.07, 6.45) is 8.59. The molecule has 2 saturated carbocycles. The molecule has 0 bridgehead atoms. The summed E-state index contributed by atoms with van der Waals surface area (Å²) in [5.74, 6) is 1.12. The number of carbonyl (C=O) groups is 1. The van der Waals surface area contributed by atoms with Crippen LogP contribution in [-0.2, 0) is 4.79 Å². The van der Waals surface area contributed by atoms with Gasteiger partial charge < -0.3 is 0 Å². The third-order valence-electron chi connectivity index (χ3n) is 3.81. The summed E-state index contributed by atoms with van der Waals surface area (Å²) in [4.78, 5) is 10.9. The number of rotatable bonds is 3. The Balaban J connectivity index is 1.79. The Morgan fingerprint density at radius 3 is 2.50 bits per heavy atom. The molecule has 2 heteroatoms. The molecule has 14 heavy (non-hydrogen) atoms. The van der Waals surface area contributed by atoms with E-state index in [2.05, 4.69) is 6.07 Å². The second-order valence-corrected chi connectivity index (χ2v) is 4.97. The van der Waals surface area contributed by atoms with Crippen LogP contribution in [0.25, 0.3) is 0 Å². The van der Waals surface area contributed by atoms with Crippen molar-refractivity contribution in [2.75, 3.05) is 0 Å². The maximum atomic E-state index is 10.9. The van der Waals surface area contributed by atoms with Crippen LogP contribution in [0, 0.1) is 22.7 Å². The average Bonchev–Trinajstić information content (AvgIpc) is 2.63. The largest absolute Gasteiger partial charge is 0.300 e. The van der Waals surface area contributed by atoms with Crippen molar-refractivity contribution in [2.45, 2.75) is 51.4 Å². The second-order valence-electron chi connectivity index (χ2n) is 4.97. The zero-order valence-electron chi connectivity index (χ0n) is 8.59. The van der Waals surface area contributed by atoms with Crippen LogP contribution in [0.5, 0.6) is 0 Å². The van der Waals surface area contributed by atoms with Crippen LogP contribution in [0.1, 0.15) is 51.4 Å². The maximum absolute atomic E-state index is 10.9. The molecule has 0 saturated heterocycles. The van der Waals surface area contributed by atoms with Gasteiger partial charge >= 0.3 is 0 Å². The number of nitriles is 1. The summed E-state index contributed by atoms with van der Waals surface area (Å²) in [6, 6.07) is 2.35. The average molecular weight is 191 g/mol. The van der Waals surface area contributed by atoms with E-state index < -0.39 is 0 Å². The van der Waals surface area contributed by atoms with Crippen LogP contribution < -0.4 is 0 Å². The van der Waals surface area contributed by atoms with Gasteiger partial charge in [0.2, 0.25) is 0 Å². The quantitative estimate of drug-likeness (QED) is 0.688. The molecule has 0 N–H and O–H groups in total. The van der Waals surface area contributed by atoms with Crippen LogP contribution in [0.15, 0.2) is 0 Å². The van der Waals surface area contributed by atoms with Crippen LogP contribution >= 0.6 is 0 Å². The van der Waals surface area contributed by atoms with E-state index in [4.69, 9.17) is 5.26 Å². The molecular weight excluding hydrogens is 174 g/mol. The minimum absolute atomic E-state index is 0.250. The lowest BCUT2D eigenvalue weighted by atomic mass is 9.65. The maximum Gasteiger partial charge on any atom is 0.136 e. The monoisotopic (exact) mass is 191 g/mol. The molecule has 0 aromatic heterocycles. The van der Waals surface area contributed by atoms with E-state index in [0.29, 0.717) is 12.8 Å². The number of hydrogen-bond acceptors (Lipinski definition) is 2. The van der Waals surface area contributed by atoms with Gasteiger partial charge in [0.25, 0.3) is 0 Å². The summed E-state index contributed by atoms with van der Waals surface area (Å²) < 4.78 is 0. The van der Waals surface area contributed by atoms with Crippen molar-refractivity contribution >= 4 is 5.78 Å². The van der Waals surface area contributed by atoms with Gasteiger partial charge in [-0.1, -0.05) is 25.7 Å². The molecule has 2 nitrogen and oxygen atoms in total. The zero-order chi connectivity index (χ0) is 10.0. The smallest absolute Gasteiger partial charge is 0.136 e. The first-order valence-electron chi connectivity index (χ1n) is 5.67. The van der Waals surface area contributed by atoms with Crippen molar-refractivity contribution < 1.29 is 4.79 Å². The molecule has 0 unspecified atom stereocenters. The molecule has 2 aliphatic carbocycles. The Labute approximate surface area is 85.3 Å². The molecule has 0 radical (unpaired) electrons. The fourth-order valence-corrected chi connectivity index (χ4v) is 2.79. The molecule has 76 valence electrons. The molecule has 0 aliphatic heterocycles. The molecule has 0 aromatic rings. The Kier molecular flexibility index (Phi) is 2.58. The van der Waals surface area contributed by atoms with Gasteiger partial charge in [-0.05, 0) is 18.8 Å². The first kappa shape index (κ1) is 9.71. The molecule has 0 aromatic carbocycles. The Morgan fingerprint density at radius 2 is 2.00 bits per heavy atom. The van der Waals surface area contributed by atoms with E-state index in [9.17, 15) is 4.79 Å². The molecule has 2 aliphatic rings. The minimum atomic E-state index is -0.250.